The highest BCUT2D eigenvalue weighted by Gasteiger charge is 2.41. The molecule has 0 radical (unpaired) electrons. The Morgan fingerprint density at radius 2 is 1.70 bits per heavy atom. The van der Waals surface area contributed by atoms with E-state index in [1.165, 1.54) is 19.3 Å². The third kappa shape index (κ3) is 4.39. The van der Waals surface area contributed by atoms with E-state index in [1.807, 2.05) is 9.80 Å². The summed E-state index contributed by atoms with van der Waals surface area (Å²) in [4.78, 5) is 30.3. The summed E-state index contributed by atoms with van der Waals surface area (Å²) >= 11 is 0. The fraction of sp³-hybridized carbons (Fsp3) is 0.625. The maximum atomic E-state index is 13.5. The van der Waals surface area contributed by atoms with Gasteiger partial charge in [-0.25, -0.2) is 0 Å². The van der Waals surface area contributed by atoms with Crippen LogP contribution in [0.25, 0.3) is 0 Å². The number of rotatable bonds is 3. The van der Waals surface area contributed by atoms with Crippen LogP contribution in [0.5, 0.6) is 0 Å². The van der Waals surface area contributed by atoms with Crippen LogP contribution in [0.4, 0.5) is 0 Å². The van der Waals surface area contributed by atoms with Gasteiger partial charge < -0.3 is 15.1 Å². The molecule has 5 rings (SSSR count). The predicted molar refractivity (Wildman–Crippen MR) is 124 cm³/mol. The van der Waals surface area contributed by atoms with Crippen LogP contribution < -0.4 is 5.32 Å². The van der Waals surface area contributed by atoms with E-state index >= 15 is 0 Å². The second-order valence-electron chi connectivity index (χ2n) is 9.70. The van der Waals surface area contributed by atoms with Crippen LogP contribution in [-0.2, 0) is 19.6 Å². The van der Waals surface area contributed by atoms with Gasteiger partial charge in [0.05, 0.1) is 5.92 Å². The summed E-state index contributed by atoms with van der Waals surface area (Å²) in [6.07, 6.45) is 8.74. The Kier molecular flexibility index (Phi) is 6.16. The average Bonchev–Trinajstić information content (AvgIpc) is 3.42. The van der Waals surface area contributed by atoms with Gasteiger partial charge in [-0.3, -0.25) is 9.59 Å². The van der Waals surface area contributed by atoms with Crippen LogP contribution in [0.2, 0.25) is 0 Å². The quantitative estimate of drug-likeness (QED) is 0.728. The largest absolute Gasteiger partial charge is 0.353 e. The van der Waals surface area contributed by atoms with E-state index in [0.29, 0.717) is 37.5 Å². The molecule has 2 amide bonds. The number of nitrogens with zero attached hydrogens (tertiary/aromatic N) is 3. The normalized spacial score (nSPS) is 27.2. The lowest BCUT2D eigenvalue weighted by molar-refractivity contribution is -0.138. The fourth-order valence-electron chi connectivity index (χ4n) is 5.74. The molecule has 1 aromatic carbocycles. The molecule has 1 unspecified atom stereocenters. The minimum absolute atomic E-state index is 0.0212. The third-order valence-electron chi connectivity index (χ3n) is 7.48. The van der Waals surface area contributed by atoms with Gasteiger partial charge in [-0.05, 0) is 50.7 Å². The van der Waals surface area contributed by atoms with Crippen molar-refractivity contribution in [2.24, 2.45) is 10.3 Å². The van der Waals surface area contributed by atoms with Crippen molar-refractivity contribution in [3.63, 3.8) is 0 Å². The van der Waals surface area contributed by atoms with Gasteiger partial charge in [-0.2, -0.15) is 8.42 Å². The number of fused-ring (bicyclic) bond motifs is 1. The summed E-state index contributed by atoms with van der Waals surface area (Å²) in [6, 6.07) is 6.63. The zero-order valence-corrected chi connectivity index (χ0v) is 19.7. The molecule has 1 aromatic rings. The number of hydrogen-bond acceptors (Lipinski definition) is 5. The van der Waals surface area contributed by atoms with Crippen molar-refractivity contribution in [2.45, 2.75) is 74.8 Å². The maximum absolute atomic E-state index is 13.5. The van der Waals surface area contributed by atoms with Gasteiger partial charge in [0, 0.05) is 31.2 Å². The van der Waals surface area contributed by atoms with Gasteiger partial charge in [0.2, 0.25) is 11.8 Å². The van der Waals surface area contributed by atoms with Crippen molar-refractivity contribution in [1.29, 1.82) is 0 Å². The number of sulfonamides is 1. The van der Waals surface area contributed by atoms with E-state index in [4.69, 9.17) is 0 Å². The number of hydrogen-bond donors (Lipinski definition) is 1. The molecule has 3 fully saturated rings. The number of piperidine rings is 1. The molecule has 1 N–H and O–H groups in total. The molecule has 3 aliphatic heterocycles. The monoisotopic (exact) mass is 472 g/mol. The first kappa shape index (κ1) is 22.4. The molecule has 9 heteroatoms. The second kappa shape index (κ2) is 9.08. The number of likely N-dealkylation sites (tertiary alicyclic amines) is 2. The highest BCUT2D eigenvalue weighted by Crippen LogP contribution is 2.32. The summed E-state index contributed by atoms with van der Waals surface area (Å²) in [6.45, 7) is 1.67. The van der Waals surface area contributed by atoms with Crippen molar-refractivity contribution >= 4 is 27.7 Å². The van der Waals surface area contributed by atoms with E-state index in [0.717, 1.165) is 32.1 Å². The Bertz CT molecular complexity index is 1060. The molecule has 178 valence electrons. The van der Waals surface area contributed by atoms with Gasteiger partial charge in [0.1, 0.15) is 10.9 Å². The molecule has 0 bridgehead atoms. The molecule has 8 nitrogen and oxygen atoms in total. The highest BCUT2D eigenvalue weighted by atomic mass is 32.2. The summed E-state index contributed by atoms with van der Waals surface area (Å²) in [5, 5.41) is 3.22. The molecule has 4 aliphatic rings. The molecule has 1 aliphatic carbocycles. The van der Waals surface area contributed by atoms with E-state index < -0.39 is 16.1 Å². The van der Waals surface area contributed by atoms with Crippen LogP contribution in [0.15, 0.2) is 33.6 Å². The third-order valence-corrected chi connectivity index (χ3v) is 8.80. The van der Waals surface area contributed by atoms with Crippen LogP contribution in [0.1, 0.15) is 63.4 Å². The first-order chi connectivity index (χ1) is 15.9. The number of nitrogens with one attached hydrogen (secondary N) is 1. The second-order valence-corrected chi connectivity index (χ2v) is 11.3. The smallest absolute Gasteiger partial charge is 0.285 e. The van der Waals surface area contributed by atoms with Gasteiger partial charge in [-0.1, -0.05) is 31.4 Å². The van der Waals surface area contributed by atoms with Crippen molar-refractivity contribution < 1.29 is 18.0 Å². The maximum Gasteiger partial charge on any atom is 0.285 e. The number of carbonyl (C=O) groups is 2. The van der Waals surface area contributed by atoms with Crippen molar-refractivity contribution in [1.82, 2.24) is 15.1 Å². The lowest BCUT2D eigenvalue weighted by Gasteiger charge is -2.36. The molecule has 0 spiro atoms. The number of amidine groups is 1. The van der Waals surface area contributed by atoms with E-state index in [-0.39, 0.29) is 28.7 Å². The Balaban J connectivity index is 1.28. The van der Waals surface area contributed by atoms with Crippen molar-refractivity contribution in [3.8, 4) is 0 Å². The van der Waals surface area contributed by atoms with E-state index in [9.17, 15) is 18.0 Å². The Hall–Kier alpha value is -2.42. The lowest BCUT2D eigenvalue weighted by atomic mass is 9.92. The molecule has 3 heterocycles. The Morgan fingerprint density at radius 3 is 2.52 bits per heavy atom. The highest BCUT2D eigenvalue weighted by molar-refractivity contribution is 7.90. The zero-order chi connectivity index (χ0) is 23.0. The van der Waals surface area contributed by atoms with Gasteiger partial charge >= 0.3 is 0 Å². The molecule has 2 atom stereocenters. The van der Waals surface area contributed by atoms with Crippen molar-refractivity contribution in [3.05, 3.63) is 29.8 Å². The first-order valence-electron chi connectivity index (χ1n) is 12.2. The molecule has 0 aromatic heterocycles. The molecule has 2 saturated heterocycles. The van der Waals surface area contributed by atoms with E-state index in [2.05, 4.69) is 9.71 Å². The van der Waals surface area contributed by atoms with Gasteiger partial charge in [0.15, 0.2) is 5.84 Å². The Labute approximate surface area is 195 Å². The SMILES string of the molecule is O=C(NC1CCCCC1)C1CCCN(C(=O)[C@@H]2CCCN2C2=NS(=O)(=O)c3ccccc32)C1. The number of benzene rings is 1. The molecular weight excluding hydrogens is 440 g/mol. The minimum Gasteiger partial charge on any atom is -0.353 e. The topological polar surface area (TPSA) is 99.2 Å². The molecular formula is C24H32N4O4S. The fourth-order valence-corrected chi connectivity index (χ4v) is 6.96. The van der Waals surface area contributed by atoms with Gasteiger partial charge in [-0.15, -0.1) is 4.40 Å². The zero-order valence-electron chi connectivity index (χ0n) is 18.9. The summed E-state index contributed by atoms with van der Waals surface area (Å²) < 4.78 is 29.1. The standard InChI is InChI=1S/C24H32N4O4S/c29-23(25-18-9-2-1-3-10-18)17-8-6-14-27(16-17)24(30)20-12-7-15-28(20)22-19-11-4-5-13-21(19)33(31,32)26-22/h4-5,11,13,17-18,20H,1-3,6-10,12,14-16H2,(H,25,29)/t17?,20-/m0/s1. The van der Waals surface area contributed by atoms with Crippen LogP contribution in [0, 0.1) is 5.92 Å². The summed E-state index contributed by atoms with van der Waals surface area (Å²) in [5.41, 5.74) is 0.570. The summed E-state index contributed by atoms with van der Waals surface area (Å²) in [5.74, 6) is 0.254. The Morgan fingerprint density at radius 1 is 0.939 bits per heavy atom. The van der Waals surface area contributed by atoms with Crippen molar-refractivity contribution in [2.75, 3.05) is 19.6 Å². The molecule has 1 saturated carbocycles. The van der Waals surface area contributed by atoms with Crippen LogP contribution >= 0.6 is 0 Å². The van der Waals surface area contributed by atoms with E-state index in [1.54, 1.807) is 24.3 Å². The minimum atomic E-state index is -3.73. The first-order valence-corrected chi connectivity index (χ1v) is 13.7. The van der Waals surface area contributed by atoms with Crippen LogP contribution in [0.3, 0.4) is 0 Å². The van der Waals surface area contributed by atoms with Crippen LogP contribution in [-0.4, -0.2) is 67.6 Å². The lowest BCUT2D eigenvalue weighted by Crippen LogP contribution is -2.53. The number of carbonyl (C=O) groups excluding carboxylic acids is 2. The average molecular weight is 473 g/mol. The molecule has 33 heavy (non-hydrogen) atoms. The van der Waals surface area contributed by atoms with Gasteiger partial charge in [0.25, 0.3) is 10.0 Å². The number of amides is 2. The predicted octanol–water partition coefficient (Wildman–Crippen LogP) is 2.29. The summed E-state index contributed by atoms with van der Waals surface area (Å²) in [7, 11) is -3.73.